The minimum Gasteiger partial charge on any atom is -0.465 e. The number of H-pyrrole nitrogens is 1. The number of nitrogens with one attached hydrogen (secondary N) is 1. The Bertz CT molecular complexity index is 1210. The van der Waals surface area contributed by atoms with Crippen molar-refractivity contribution >= 4 is 39.3 Å². The quantitative estimate of drug-likeness (QED) is 0.255. The molecule has 2 heterocycles. The van der Waals surface area contributed by atoms with Gasteiger partial charge < -0.3 is 9.72 Å². The zero-order valence-corrected chi connectivity index (χ0v) is 18.0. The van der Waals surface area contributed by atoms with Gasteiger partial charge in [0.15, 0.2) is 5.16 Å². The van der Waals surface area contributed by atoms with E-state index in [0.717, 1.165) is 16.7 Å². The molecule has 0 aliphatic carbocycles. The van der Waals surface area contributed by atoms with Crippen LogP contribution in [0.1, 0.15) is 11.1 Å². The van der Waals surface area contributed by atoms with Gasteiger partial charge in [0.05, 0.1) is 17.7 Å². The summed E-state index contributed by atoms with van der Waals surface area (Å²) in [6.45, 7) is 2.36. The molecule has 0 saturated heterocycles. The number of carbonyl (C=O) groups is 1. The Labute approximate surface area is 182 Å². The van der Waals surface area contributed by atoms with E-state index in [9.17, 15) is 9.59 Å². The Morgan fingerprint density at radius 3 is 2.67 bits per heavy atom. The van der Waals surface area contributed by atoms with Crippen molar-refractivity contribution in [2.24, 2.45) is 0 Å². The first-order valence-corrected chi connectivity index (χ1v) is 11.4. The molecule has 1 N–H and O–H groups in total. The highest BCUT2D eigenvalue weighted by Gasteiger charge is 2.14. The Morgan fingerprint density at radius 1 is 1.13 bits per heavy atom. The van der Waals surface area contributed by atoms with Gasteiger partial charge in [-0.2, -0.15) is 0 Å². The molecule has 0 aliphatic heterocycles. The topological polar surface area (TPSA) is 72.0 Å². The molecule has 0 saturated carbocycles. The largest absolute Gasteiger partial charge is 0.465 e. The third-order valence-corrected chi connectivity index (χ3v) is 6.33. The summed E-state index contributed by atoms with van der Waals surface area (Å²) in [5, 5.41) is 2.95. The van der Waals surface area contributed by atoms with Gasteiger partial charge in [0, 0.05) is 17.4 Å². The Hall–Kier alpha value is -2.90. The van der Waals surface area contributed by atoms with Crippen LogP contribution in [0.15, 0.2) is 69.9 Å². The van der Waals surface area contributed by atoms with Crippen LogP contribution in [0.5, 0.6) is 0 Å². The molecule has 0 amide bonds. The second-order valence-electron chi connectivity index (χ2n) is 6.81. The van der Waals surface area contributed by atoms with E-state index in [1.807, 2.05) is 66.9 Å². The predicted molar refractivity (Wildman–Crippen MR) is 122 cm³/mol. The molecule has 2 aromatic heterocycles. The lowest BCUT2D eigenvalue weighted by molar-refractivity contribution is -0.140. The molecule has 0 spiro atoms. The SMILES string of the molecule is Cc1ccc(-c2csc3nc(SCC(=O)OCCc4ccccc4)[nH]c(=O)c23)cc1. The molecule has 5 nitrogen and oxygen atoms in total. The van der Waals surface area contributed by atoms with Crippen LogP contribution >= 0.6 is 23.1 Å². The van der Waals surface area contributed by atoms with Crippen LogP contribution in [0.2, 0.25) is 0 Å². The molecule has 0 radical (unpaired) electrons. The van der Waals surface area contributed by atoms with E-state index in [2.05, 4.69) is 9.97 Å². The number of thioether (sulfide) groups is 1. The van der Waals surface area contributed by atoms with Crippen molar-refractivity contribution < 1.29 is 9.53 Å². The van der Waals surface area contributed by atoms with Gasteiger partial charge in [-0.1, -0.05) is 71.9 Å². The summed E-state index contributed by atoms with van der Waals surface area (Å²) in [5.41, 5.74) is 3.95. The average molecular weight is 437 g/mol. The minimum atomic E-state index is -0.329. The number of carbonyl (C=O) groups excluding carboxylic acids is 1. The van der Waals surface area contributed by atoms with Crippen LogP contribution in [-0.2, 0) is 16.0 Å². The number of fused-ring (bicyclic) bond motifs is 1. The Balaban J connectivity index is 1.40. The van der Waals surface area contributed by atoms with Crippen LogP contribution in [0, 0.1) is 6.92 Å². The van der Waals surface area contributed by atoms with Crippen LogP contribution in [-0.4, -0.2) is 28.3 Å². The van der Waals surface area contributed by atoms with E-state index in [1.54, 1.807) is 0 Å². The Kier molecular flexibility index (Phi) is 6.30. The van der Waals surface area contributed by atoms with E-state index in [0.29, 0.717) is 28.4 Å². The van der Waals surface area contributed by atoms with E-state index in [4.69, 9.17) is 4.74 Å². The highest BCUT2D eigenvalue weighted by molar-refractivity contribution is 7.99. The molecule has 30 heavy (non-hydrogen) atoms. The van der Waals surface area contributed by atoms with Gasteiger partial charge in [-0.3, -0.25) is 9.59 Å². The number of hydrogen-bond acceptors (Lipinski definition) is 6. The fourth-order valence-corrected chi connectivity index (χ4v) is 4.70. The minimum absolute atomic E-state index is 0.0967. The van der Waals surface area contributed by atoms with Crippen molar-refractivity contribution in [2.45, 2.75) is 18.5 Å². The second kappa shape index (κ2) is 9.28. The number of aromatic amines is 1. The van der Waals surface area contributed by atoms with Crippen LogP contribution in [0.4, 0.5) is 0 Å². The van der Waals surface area contributed by atoms with Crippen molar-refractivity contribution in [1.29, 1.82) is 0 Å². The summed E-state index contributed by atoms with van der Waals surface area (Å²) in [5.74, 6) is -0.232. The van der Waals surface area contributed by atoms with Gasteiger partial charge in [0.1, 0.15) is 4.83 Å². The first kappa shape index (κ1) is 20.4. The molecule has 152 valence electrons. The van der Waals surface area contributed by atoms with Gasteiger partial charge in [-0.05, 0) is 18.1 Å². The van der Waals surface area contributed by atoms with E-state index in [1.165, 1.54) is 28.7 Å². The van der Waals surface area contributed by atoms with E-state index in [-0.39, 0.29) is 17.3 Å². The van der Waals surface area contributed by atoms with Gasteiger partial charge in [0.2, 0.25) is 0 Å². The summed E-state index contributed by atoms with van der Waals surface area (Å²) in [6.07, 6.45) is 0.676. The number of thiophene rings is 1. The zero-order chi connectivity index (χ0) is 20.9. The number of aromatic nitrogens is 2. The number of esters is 1. The zero-order valence-electron chi connectivity index (χ0n) is 16.4. The van der Waals surface area contributed by atoms with Gasteiger partial charge in [0.25, 0.3) is 5.56 Å². The summed E-state index contributed by atoms with van der Waals surface area (Å²) in [4.78, 5) is 32.7. The third-order valence-electron chi connectivity index (χ3n) is 4.61. The fraction of sp³-hybridized carbons (Fsp3) is 0.174. The maximum atomic E-state index is 12.7. The number of rotatable bonds is 7. The number of aryl methyl sites for hydroxylation is 1. The number of hydrogen-bond donors (Lipinski definition) is 1. The van der Waals surface area contributed by atoms with Gasteiger partial charge in [-0.25, -0.2) is 4.98 Å². The smallest absolute Gasteiger partial charge is 0.316 e. The molecule has 0 unspecified atom stereocenters. The van der Waals surface area contributed by atoms with Crippen molar-refractivity contribution in [3.8, 4) is 11.1 Å². The predicted octanol–water partition coefficient (Wildman–Crippen LogP) is 4.84. The molecule has 4 aromatic rings. The van der Waals surface area contributed by atoms with Crippen molar-refractivity contribution in [1.82, 2.24) is 9.97 Å². The lowest BCUT2D eigenvalue weighted by Gasteiger charge is -2.05. The van der Waals surface area contributed by atoms with Crippen molar-refractivity contribution in [3.63, 3.8) is 0 Å². The molecule has 0 fully saturated rings. The standard InChI is InChI=1S/C23H20N2O3S2/c1-15-7-9-17(10-8-15)18-13-29-22-20(18)21(27)24-23(25-22)30-14-19(26)28-12-11-16-5-3-2-4-6-16/h2-10,13H,11-12,14H2,1H3,(H,24,25,27). The maximum absolute atomic E-state index is 12.7. The average Bonchev–Trinajstić information content (AvgIpc) is 3.18. The van der Waals surface area contributed by atoms with Crippen LogP contribution in [0.3, 0.4) is 0 Å². The van der Waals surface area contributed by atoms with Gasteiger partial charge >= 0.3 is 5.97 Å². The molecule has 0 atom stereocenters. The van der Waals surface area contributed by atoms with E-state index >= 15 is 0 Å². The molecule has 0 aliphatic rings. The van der Waals surface area contributed by atoms with Crippen molar-refractivity contribution in [3.05, 3.63) is 81.5 Å². The highest BCUT2D eigenvalue weighted by atomic mass is 32.2. The first-order chi connectivity index (χ1) is 14.6. The molecular weight excluding hydrogens is 416 g/mol. The van der Waals surface area contributed by atoms with Crippen LogP contribution in [0.25, 0.3) is 21.3 Å². The first-order valence-electron chi connectivity index (χ1n) is 9.51. The summed E-state index contributed by atoms with van der Waals surface area (Å²) in [7, 11) is 0. The van der Waals surface area contributed by atoms with Crippen molar-refractivity contribution in [2.75, 3.05) is 12.4 Å². The number of ether oxygens (including phenoxy) is 1. The Morgan fingerprint density at radius 2 is 1.90 bits per heavy atom. The molecular formula is C23H20N2O3S2. The summed E-state index contributed by atoms with van der Waals surface area (Å²) < 4.78 is 5.28. The molecule has 7 heteroatoms. The van der Waals surface area contributed by atoms with E-state index < -0.39 is 0 Å². The fourth-order valence-electron chi connectivity index (χ4n) is 3.04. The highest BCUT2D eigenvalue weighted by Crippen LogP contribution is 2.31. The lowest BCUT2D eigenvalue weighted by atomic mass is 10.1. The van der Waals surface area contributed by atoms with Gasteiger partial charge in [-0.15, -0.1) is 11.3 Å². The molecule has 4 rings (SSSR count). The summed E-state index contributed by atoms with van der Waals surface area (Å²) in [6, 6.07) is 17.9. The maximum Gasteiger partial charge on any atom is 0.316 e. The molecule has 0 bridgehead atoms. The second-order valence-corrected chi connectivity index (χ2v) is 8.63. The van der Waals surface area contributed by atoms with Crippen LogP contribution < -0.4 is 5.56 Å². The number of benzene rings is 2. The lowest BCUT2D eigenvalue weighted by Crippen LogP contribution is -2.12. The third kappa shape index (κ3) is 4.80. The monoisotopic (exact) mass is 436 g/mol. The summed E-state index contributed by atoms with van der Waals surface area (Å²) >= 11 is 2.60. The normalized spacial score (nSPS) is 11.0. The molecule has 2 aromatic carbocycles. The number of nitrogens with zero attached hydrogens (tertiary/aromatic N) is 1.